The summed E-state index contributed by atoms with van der Waals surface area (Å²) in [5.74, 6) is 6.50. The van der Waals surface area contributed by atoms with Crippen LogP contribution in [0.4, 0.5) is 22.1 Å². The monoisotopic (exact) mass is 520 g/mol. The highest BCUT2D eigenvalue weighted by molar-refractivity contribution is 5.89. The Hall–Kier alpha value is -5.23. The Morgan fingerprint density at radius 3 is 2.62 bits per heavy atom. The number of hydrogen-bond donors (Lipinski definition) is 3. The molecule has 3 heterocycles. The molecule has 1 fully saturated rings. The smallest absolute Gasteiger partial charge is 0.346 e. The van der Waals surface area contributed by atoms with Gasteiger partial charge in [-0.2, -0.15) is 15.4 Å². The van der Waals surface area contributed by atoms with Gasteiger partial charge >= 0.3 is 6.03 Å². The summed E-state index contributed by atoms with van der Waals surface area (Å²) in [6.45, 7) is 0.841. The fourth-order valence-corrected chi connectivity index (χ4v) is 3.99. The first-order valence-electron chi connectivity index (χ1n) is 12.2. The maximum atomic E-state index is 13.0. The van der Waals surface area contributed by atoms with Crippen molar-refractivity contribution in [1.82, 2.24) is 24.8 Å². The molecular formula is C28H24N8O3. The third kappa shape index (κ3) is 6.37. The summed E-state index contributed by atoms with van der Waals surface area (Å²) in [6.07, 6.45) is 7.26. The van der Waals surface area contributed by atoms with Gasteiger partial charge in [0.05, 0.1) is 54.9 Å². The summed E-state index contributed by atoms with van der Waals surface area (Å²) in [7, 11) is 0. The molecule has 1 atom stereocenters. The van der Waals surface area contributed by atoms with Crippen molar-refractivity contribution in [3.05, 3.63) is 95.6 Å². The predicted octanol–water partition coefficient (Wildman–Crippen LogP) is 3.59. The number of hydroxylamine groups is 2. The van der Waals surface area contributed by atoms with Gasteiger partial charge in [-0.1, -0.05) is 30.0 Å². The van der Waals surface area contributed by atoms with Gasteiger partial charge in [0.2, 0.25) is 5.95 Å². The van der Waals surface area contributed by atoms with Gasteiger partial charge in [0.1, 0.15) is 0 Å². The first-order chi connectivity index (χ1) is 19.1. The number of anilines is 3. The minimum Gasteiger partial charge on any atom is -0.394 e. The number of hydrogen-bond acceptors (Lipinski definition) is 8. The number of urea groups is 1. The van der Waals surface area contributed by atoms with E-state index in [1.54, 1.807) is 53.7 Å². The number of benzene rings is 2. The molecule has 2 aromatic carbocycles. The average Bonchev–Trinajstić information content (AvgIpc) is 3.63. The van der Waals surface area contributed by atoms with Crippen LogP contribution < -0.4 is 10.6 Å². The number of amides is 2. The molecule has 0 aliphatic carbocycles. The van der Waals surface area contributed by atoms with Crippen molar-refractivity contribution >= 4 is 23.4 Å². The lowest BCUT2D eigenvalue weighted by Crippen LogP contribution is -2.33. The van der Waals surface area contributed by atoms with Crippen LogP contribution in [-0.2, 0) is 11.4 Å². The fraction of sp³-hybridized carbons (Fsp3) is 0.179. The molecule has 1 aliphatic heterocycles. The van der Waals surface area contributed by atoms with E-state index in [4.69, 9.17) is 15.2 Å². The lowest BCUT2D eigenvalue weighted by atomic mass is 10.0. The lowest BCUT2D eigenvalue weighted by Gasteiger charge is -2.23. The third-order valence-electron chi connectivity index (χ3n) is 5.86. The van der Waals surface area contributed by atoms with Gasteiger partial charge in [0, 0.05) is 36.3 Å². The molecule has 194 valence electrons. The van der Waals surface area contributed by atoms with Gasteiger partial charge in [-0.05, 0) is 35.9 Å². The van der Waals surface area contributed by atoms with E-state index in [1.807, 2.05) is 24.3 Å². The highest BCUT2D eigenvalue weighted by atomic mass is 16.7. The maximum Gasteiger partial charge on any atom is 0.346 e. The molecule has 3 N–H and O–H groups in total. The average molecular weight is 521 g/mol. The van der Waals surface area contributed by atoms with Crippen LogP contribution >= 0.6 is 0 Å². The van der Waals surface area contributed by atoms with Crippen molar-refractivity contribution in [1.29, 1.82) is 5.26 Å². The zero-order chi connectivity index (χ0) is 27.0. The van der Waals surface area contributed by atoms with E-state index in [0.717, 1.165) is 5.56 Å². The number of carbonyl (C=O) groups excluding carboxylic acids is 1. The minimum atomic E-state index is -0.384. The van der Waals surface area contributed by atoms with Gasteiger partial charge < -0.3 is 15.7 Å². The van der Waals surface area contributed by atoms with Gasteiger partial charge in [0.25, 0.3) is 0 Å². The molecule has 39 heavy (non-hydrogen) atoms. The molecule has 2 amide bonds. The van der Waals surface area contributed by atoms with E-state index in [0.29, 0.717) is 53.6 Å². The van der Waals surface area contributed by atoms with E-state index in [-0.39, 0.29) is 18.7 Å². The second-order valence-electron chi connectivity index (χ2n) is 8.59. The molecule has 0 spiro atoms. The molecule has 1 saturated heterocycles. The number of nitriles is 1. The maximum absolute atomic E-state index is 13.0. The molecule has 0 unspecified atom stereocenters. The lowest BCUT2D eigenvalue weighted by molar-refractivity contribution is -0.0829. The standard InChI is InChI=1S/C28H24N8O3/c29-15-21-6-8-23(9-7-21)26-10-13-39-36(26)28(38)34-24-3-1-2-20(14-24)4-5-22-16-30-27(31-17-22)33-25-18-32-35(19-25)11-12-37/h1-3,6-9,14,16-19,26,37H,10-13H2,(H,34,38)(H,30,31,33)/t26-/m0/s1. The van der Waals surface area contributed by atoms with Crippen LogP contribution in [0.3, 0.4) is 0 Å². The summed E-state index contributed by atoms with van der Waals surface area (Å²) in [5, 5.41) is 29.4. The Morgan fingerprint density at radius 1 is 1.05 bits per heavy atom. The summed E-state index contributed by atoms with van der Waals surface area (Å²) in [4.78, 5) is 27.1. The Kier molecular flexibility index (Phi) is 7.74. The van der Waals surface area contributed by atoms with Crippen molar-refractivity contribution in [3.8, 4) is 17.9 Å². The van der Waals surface area contributed by atoms with Crippen LogP contribution in [0, 0.1) is 23.2 Å². The SMILES string of the molecule is N#Cc1ccc([C@@H]2CCON2C(=O)Nc2cccc(C#Cc3cnc(Nc4cnn(CCO)c4)nc3)c2)cc1. The number of nitrogens with one attached hydrogen (secondary N) is 2. The molecule has 2 aromatic heterocycles. The summed E-state index contributed by atoms with van der Waals surface area (Å²) < 4.78 is 1.62. The molecule has 11 nitrogen and oxygen atoms in total. The van der Waals surface area contributed by atoms with Gasteiger partial charge in [-0.3, -0.25) is 9.52 Å². The Labute approximate surface area is 224 Å². The number of rotatable bonds is 6. The highest BCUT2D eigenvalue weighted by Gasteiger charge is 2.31. The Balaban J connectivity index is 1.21. The molecule has 0 saturated carbocycles. The fourth-order valence-electron chi connectivity index (χ4n) is 3.99. The highest BCUT2D eigenvalue weighted by Crippen LogP contribution is 2.31. The van der Waals surface area contributed by atoms with Crippen LogP contribution in [0.1, 0.15) is 34.7 Å². The summed E-state index contributed by atoms with van der Waals surface area (Å²) in [6, 6.07) is 15.8. The minimum absolute atomic E-state index is 0.00742. The predicted molar refractivity (Wildman–Crippen MR) is 142 cm³/mol. The van der Waals surface area contributed by atoms with Crippen molar-refractivity contribution in [2.24, 2.45) is 0 Å². The number of nitrogens with zero attached hydrogens (tertiary/aromatic N) is 6. The van der Waals surface area contributed by atoms with Crippen LogP contribution in [0.25, 0.3) is 0 Å². The number of aromatic nitrogens is 4. The van der Waals surface area contributed by atoms with Crippen LogP contribution in [0.5, 0.6) is 0 Å². The number of aliphatic hydroxyl groups is 1. The van der Waals surface area contributed by atoms with Crippen molar-refractivity contribution < 1.29 is 14.7 Å². The van der Waals surface area contributed by atoms with E-state index in [9.17, 15) is 4.79 Å². The molecule has 1 aliphatic rings. The second kappa shape index (κ2) is 11.9. The van der Waals surface area contributed by atoms with Crippen LogP contribution in [0.2, 0.25) is 0 Å². The van der Waals surface area contributed by atoms with E-state index >= 15 is 0 Å². The second-order valence-corrected chi connectivity index (χ2v) is 8.59. The van der Waals surface area contributed by atoms with Crippen molar-refractivity contribution in [2.45, 2.75) is 19.0 Å². The van der Waals surface area contributed by atoms with Crippen LogP contribution in [-0.4, -0.2) is 49.2 Å². The molecule has 0 bridgehead atoms. The van der Waals surface area contributed by atoms with Crippen molar-refractivity contribution in [3.63, 3.8) is 0 Å². The first kappa shape index (κ1) is 25.4. The summed E-state index contributed by atoms with van der Waals surface area (Å²) in [5.41, 5.74) is 4.09. The van der Waals surface area contributed by atoms with Crippen LogP contribution in [0.15, 0.2) is 73.3 Å². The first-order valence-corrected chi connectivity index (χ1v) is 12.2. The third-order valence-corrected chi connectivity index (χ3v) is 5.86. The molecular weight excluding hydrogens is 496 g/mol. The number of carbonyl (C=O) groups is 1. The van der Waals surface area contributed by atoms with E-state index < -0.39 is 0 Å². The topological polar surface area (TPSA) is 141 Å². The zero-order valence-corrected chi connectivity index (χ0v) is 20.8. The van der Waals surface area contributed by atoms with Gasteiger partial charge in [-0.25, -0.2) is 14.8 Å². The molecule has 0 radical (unpaired) electrons. The zero-order valence-electron chi connectivity index (χ0n) is 20.8. The number of aliphatic hydroxyl groups excluding tert-OH is 1. The van der Waals surface area contributed by atoms with Gasteiger partial charge in [0.15, 0.2) is 0 Å². The Morgan fingerprint density at radius 2 is 1.85 bits per heavy atom. The van der Waals surface area contributed by atoms with E-state index in [1.165, 1.54) is 5.06 Å². The molecule has 11 heteroatoms. The van der Waals surface area contributed by atoms with Crippen molar-refractivity contribution in [2.75, 3.05) is 23.8 Å². The Bertz CT molecular complexity index is 1550. The normalized spacial score (nSPS) is 14.3. The quantitative estimate of drug-likeness (QED) is 0.328. The molecule has 4 aromatic rings. The van der Waals surface area contributed by atoms with Gasteiger partial charge in [-0.15, -0.1) is 0 Å². The largest absolute Gasteiger partial charge is 0.394 e. The molecule has 5 rings (SSSR count). The van der Waals surface area contributed by atoms with E-state index in [2.05, 4.69) is 43.6 Å². The summed E-state index contributed by atoms with van der Waals surface area (Å²) >= 11 is 0.